The van der Waals surface area contributed by atoms with Crippen LogP contribution >= 0.6 is 46.8 Å². The van der Waals surface area contributed by atoms with Crippen LogP contribution in [0, 0.1) is 0 Å². The van der Waals surface area contributed by atoms with Crippen LogP contribution in [0.3, 0.4) is 0 Å². The molecule has 0 saturated carbocycles. The summed E-state index contributed by atoms with van der Waals surface area (Å²) >= 11 is 17.8. The maximum Gasteiger partial charge on any atom is 0.270 e. The van der Waals surface area contributed by atoms with Crippen molar-refractivity contribution in [3.8, 4) is 0 Å². The van der Waals surface area contributed by atoms with E-state index in [0.29, 0.717) is 11.3 Å². The van der Waals surface area contributed by atoms with E-state index in [1.807, 2.05) is 30.3 Å². The molecule has 26 heavy (non-hydrogen) atoms. The second-order valence-corrected chi connectivity index (χ2v) is 7.46. The third-order valence-electron chi connectivity index (χ3n) is 3.57. The van der Waals surface area contributed by atoms with E-state index < -0.39 is 11.9 Å². The van der Waals surface area contributed by atoms with E-state index in [0.717, 1.165) is 23.2 Å². The van der Waals surface area contributed by atoms with Crippen LogP contribution in [0.1, 0.15) is 10.4 Å². The Morgan fingerprint density at radius 2 is 2.08 bits per heavy atom. The minimum atomic E-state index is -0.624. The largest absolute Gasteiger partial charge is 0.348 e. The average molecular weight is 428 g/mol. The van der Waals surface area contributed by atoms with Crippen LogP contribution in [0.2, 0.25) is 9.62 Å². The number of hydrogen-bond donors (Lipinski definition) is 1. The molecule has 0 aliphatic heterocycles. The maximum absolute atomic E-state index is 12.8. The van der Waals surface area contributed by atoms with Crippen molar-refractivity contribution in [3.63, 3.8) is 0 Å². The van der Waals surface area contributed by atoms with Gasteiger partial charge in [-0.1, -0.05) is 65.8 Å². The molecule has 0 fully saturated rings. The lowest BCUT2D eigenvalue weighted by Gasteiger charge is -2.25. The van der Waals surface area contributed by atoms with Crippen molar-refractivity contribution < 1.29 is 9.59 Å². The molecule has 0 spiro atoms. The Labute approximate surface area is 170 Å². The van der Waals surface area contributed by atoms with Gasteiger partial charge in [0.1, 0.15) is 17.1 Å². The molecule has 0 aliphatic rings. The van der Waals surface area contributed by atoms with Gasteiger partial charge in [0.2, 0.25) is 0 Å². The first-order chi connectivity index (χ1) is 12.5. The number of thiocarbonyl (C=S) groups is 1. The molecular weight excluding hydrogens is 413 g/mol. The average Bonchev–Trinajstić information content (AvgIpc) is 2.96. The summed E-state index contributed by atoms with van der Waals surface area (Å²) in [6, 6.07) is 8.84. The van der Waals surface area contributed by atoms with Crippen molar-refractivity contribution in [2.24, 2.45) is 0 Å². The Bertz CT molecular complexity index is 825. The highest BCUT2D eigenvalue weighted by atomic mass is 35.5. The van der Waals surface area contributed by atoms with E-state index in [-0.39, 0.29) is 15.3 Å². The quantitative estimate of drug-likeness (QED) is 0.396. The number of thiazole rings is 1. The minimum Gasteiger partial charge on any atom is -0.348 e. The number of amides is 1. The van der Waals surface area contributed by atoms with E-state index in [4.69, 9.17) is 35.4 Å². The van der Waals surface area contributed by atoms with Crippen LogP contribution in [-0.4, -0.2) is 40.7 Å². The Morgan fingerprint density at radius 1 is 1.38 bits per heavy atom. The van der Waals surface area contributed by atoms with Gasteiger partial charge in [0, 0.05) is 7.05 Å². The Morgan fingerprint density at radius 3 is 2.62 bits per heavy atom. The van der Waals surface area contributed by atoms with Crippen LogP contribution in [0.4, 0.5) is 0 Å². The summed E-state index contributed by atoms with van der Waals surface area (Å²) in [5.74, 6) is -0.403. The van der Waals surface area contributed by atoms with Crippen LogP contribution in [0.25, 0.3) is 6.08 Å². The molecule has 1 aromatic carbocycles. The first kappa shape index (κ1) is 20.5. The number of halogens is 2. The molecule has 136 valence electrons. The standard InChI is InChI=1S/C17H15Cl2N3O2S2/c1-22(12(9-23)7-11-5-3-2-4-6-11)16(24)13(20-10-25)8-14-15(18)21-17(19)26-14/h2-6,8-10,12H,7H2,1H3,(H,20,25)/b13-8+. The summed E-state index contributed by atoms with van der Waals surface area (Å²) in [4.78, 5) is 30.1. The third kappa shape index (κ3) is 5.35. The number of hydrogen-bond acceptors (Lipinski definition) is 5. The Hall–Kier alpha value is -1.80. The summed E-state index contributed by atoms with van der Waals surface area (Å²) in [5.41, 5.74) is 2.33. The van der Waals surface area contributed by atoms with Gasteiger partial charge in [0.25, 0.3) is 5.91 Å². The van der Waals surface area contributed by atoms with Crippen molar-refractivity contribution in [1.82, 2.24) is 15.2 Å². The molecule has 1 unspecified atom stereocenters. The summed E-state index contributed by atoms with van der Waals surface area (Å²) in [6.45, 7) is 0. The Balaban J connectivity index is 2.24. The number of rotatable bonds is 8. The molecule has 5 nitrogen and oxygen atoms in total. The van der Waals surface area contributed by atoms with E-state index in [1.54, 1.807) is 7.05 Å². The highest BCUT2D eigenvalue weighted by Gasteiger charge is 2.23. The zero-order valence-electron chi connectivity index (χ0n) is 13.7. The van der Waals surface area contributed by atoms with Gasteiger partial charge in [-0.05, 0) is 18.1 Å². The molecule has 0 radical (unpaired) electrons. The van der Waals surface area contributed by atoms with Crippen molar-refractivity contribution >= 4 is 70.5 Å². The second kappa shape index (κ2) is 9.78. The first-order valence-corrected chi connectivity index (χ1v) is 9.50. The van der Waals surface area contributed by atoms with E-state index in [9.17, 15) is 9.59 Å². The number of nitrogens with one attached hydrogen (secondary N) is 1. The lowest BCUT2D eigenvalue weighted by Crippen LogP contribution is -2.42. The summed E-state index contributed by atoms with van der Waals surface area (Å²) in [6.07, 6.45) is 2.67. The fourth-order valence-corrected chi connectivity index (χ4v) is 3.64. The first-order valence-electron chi connectivity index (χ1n) is 7.46. The molecule has 0 aliphatic carbocycles. The van der Waals surface area contributed by atoms with E-state index >= 15 is 0 Å². The maximum atomic E-state index is 12.8. The number of aldehydes is 1. The molecule has 1 atom stereocenters. The topological polar surface area (TPSA) is 62.3 Å². The van der Waals surface area contributed by atoms with Gasteiger partial charge in [-0.3, -0.25) is 4.79 Å². The molecular formula is C17H15Cl2N3O2S2. The number of carbonyl (C=O) groups is 2. The fraction of sp³-hybridized carbons (Fsp3) is 0.176. The van der Waals surface area contributed by atoms with Gasteiger partial charge in [-0.25, -0.2) is 4.98 Å². The SMILES string of the molecule is CN(C(=O)/C(=C\c1sc(Cl)nc1Cl)NC=S)C(C=O)Cc1ccccc1. The summed E-state index contributed by atoms with van der Waals surface area (Å²) < 4.78 is 0.263. The van der Waals surface area contributed by atoms with Crippen LogP contribution in [0.15, 0.2) is 36.0 Å². The third-order valence-corrected chi connectivity index (χ3v) is 5.19. The Kier molecular flexibility index (Phi) is 7.71. The van der Waals surface area contributed by atoms with Crippen molar-refractivity contribution in [2.45, 2.75) is 12.5 Å². The smallest absolute Gasteiger partial charge is 0.270 e. The normalized spacial score (nSPS) is 12.3. The van der Waals surface area contributed by atoms with Crippen LogP contribution in [-0.2, 0) is 16.0 Å². The van der Waals surface area contributed by atoms with Gasteiger partial charge in [0.05, 0.1) is 16.4 Å². The van der Waals surface area contributed by atoms with Gasteiger partial charge in [0.15, 0.2) is 4.47 Å². The highest BCUT2D eigenvalue weighted by molar-refractivity contribution is 7.78. The summed E-state index contributed by atoms with van der Waals surface area (Å²) in [7, 11) is 1.56. The molecule has 1 N–H and O–H groups in total. The zero-order valence-corrected chi connectivity index (χ0v) is 16.8. The van der Waals surface area contributed by atoms with Gasteiger partial charge < -0.3 is 15.0 Å². The van der Waals surface area contributed by atoms with Gasteiger partial charge in [-0.15, -0.1) is 11.3 Å². The van der Waals surface area contributed by atoms with E-state index in [2.05, 4.69) is 10.3 Å². The number of aromatic nitrogens is 1. The van der Waals surface area contributed by atoms with Crippen molar-refractivity contribution in [1.29, 1.82) is 0 Å². The lowest BCUT2D eigenvalue weighted by atomic mass is 10.1. The molecule has 1 amide bonds. The van der Waals surface area contributed by atoms with Gasteiger partial charge in [-0.2, -0.15) is 0 Å². The highest BCUT2D eigenvalue weighted by Crippen LogP contribution is 2.28. The molecule has 0 saturated heterocycles. The number of carbonyl (C=O) groups excluding carboxylic acids is 2. The lowest BCUT2D eigenvalue weighted by molar-refractivity contribution is -0.131. The molecule has 0 bridgehead atoms. The van der Waals surface area contributed by atoms with Crippen molar-refractivity contribution in [3.05, 3.63) is 56.1 Å². The molecule has 2 aromatic rings. The number of nitrogens with zero attached hydrogens (tertiary/aromatic N) is 2. The van der Waals surface area contributed by atoms with E-state index in [1.165, 1.54) is 16.5 Å². The summed E-state index contributed by atoms with van der Waals surface area (Å²) in [5, 5.41) is 2.90. The zero-order chi connectivity index (χ0) is 19.1. The predicted molar refractivity (Wildman–Crippen MR) is 110 cm³/mol. The monoisotopic (exact) mass is 427 g/mol. The molecule has 1 heterocycles. The second-order valence-electron chi connectivity index (χ2n) is 5.25. The van der Waals surface area contributed by atoms with Crippen LogP contribution in [0.5, 0.6) is 0 Å². The predicted octanol–water partition coefficient (Wildman–Crippen LogP) is 3.61. The fourth-order valence-electron chi connectivity index (χ4n) is 2.21. The number of likely N-dealkylation sites (N-methyl/N-ethyl adjacent to an activating group) is 1. The van der Waals surface area contributed by atoms with Gasteiger partial charge >= 0.3 is 0 Å². The number of benzene rings is 1. The van der Waals surface area contributed by atoms with Crippen molar-refractivity contribution in [2.75, 3.05) is 7.05 Å². The van der Waals surface area contributed by atoms with Crippen LogP contribution < -0.4 is 5.32 Å². The molecule has 2 rings (SSSR count). The molecule has 1 aromatic heterocycles. The molecule has 9 heteroatoms. The minimum absolute atomic E-state index is 0.171.